The molecule has 4 aromatic rings. The van der Waals surface area contributed by atoms with Gasteiger partial charge in [0.15, 0.2) is 11.7 Å². The van der Waals surface area contributed by atoms with Gasteiger partial charge in [-0.25, -0.2) is 9.78 Å². The van der Waals surface area contributed by atoms with E-state index in [0.717, 1.165) is 52.1 Å². The Hall–Kier alpha value is -3.82. The Kier molecular flexibility index (Phi) is 6.92. The molecular formula is C27H26N4O4S. The van der Waals surface area contributed by atoms with Crippen LogP contribution < -0.4 is 10.1 Å². The molecule has 0 radical (unpaired) electrons. The fourth-order valence-electron chi connectivity index (χ4n) is 4.27. The van der Waals surface area contributed by atoms with Crippen molar-refractivity contribution >= 4 is 39.2 Å². The Bertz CT molecular complexity index is 1420. The number of ether oxygens (including phenoxy) is 2. The molecule has 0 unspecified atom stereocenters. The van der Waals surface area contributed by atoms with Crippen molar-refractivity contribution in [3.63, 3.8) is 0 Å². The molecule has 1 N–H and O–H groups in total. The first-order valence-corrected chi connectivity index (χ1v) is 12.6. The van der Waals surface area contributed by atoms with Crippen molar-refractivity contribution in [2.75, 3.05) is 32.1 Å². The molecule has 9 heteroatoms. The maximum Gasteiger partial charge on any atom is 0.339 e. The highest BCUT2D eigenvalue weighted by Crippen LogP contribution is 2.29. The molecule has 8 nitrogen and oxygen atoms in total. The van der Waals surface area contributed by atoms with Crippen LogP contribution in [0.4, 0.5) is 5.13 Å². The second-order valence-corrected chi connectivity index (χ2v) is 9.39. The molecule has 0 fully saturated rings. The Balaban J connectivity index is 1.27. The molecule has 184 valence electrons. The minimum atomic E-state index is -0.524. The fourth-order valence-corrected chi connectivity index (χ4v) is 5.01. The van der Waals surface area contributed by atoms with Crippen LogP contribution in [0, 0.1) is 0 Å². The van der Waals surface area contributed by atoms with E-state index in [0.29, 0.717) is 23.8 Å². The van der Waals surface area contributed by atoms with Crippen molar-refractivity contribution in [3.8, 4) is 17.0 Å². The number of rotatable bonds is 7. The molecule has 1 amide bonds. The number of fused-ring (bicyclic) bond motifs is 2. The number of likely N-dealkylation sites (N-methyl/N-ethyl adjacent to an activating group) is 1. The van der Waals surface area contributed by atoms with E-state index in [4.69, 9.17) is 14.5 Å². The van der Waals surface area contributed by atoms with Crippen molar-refractivity contribution in [1.29, 1.82) is 0 Å². The molecule has 0 saturated carbocycles. The van der Waals surface area contributed by atoms with Gasteiger partial charge in [0.2, 0.25) is 0 Å². The standard InChI is InChI=1S/C27H26N4O4S/c1-3-34-18-10-8-17(9-11-18)23-16-36-27(29-23)30-24(32)15-35-26(33)25-19-6-4-5-7-21(19)28-22-12-13-31(2)14-20(22)25/h4-11,16H,3,12-15H2,1-2H3,(H,29,30,32). The summed E-state index contributed by atoms with van der Waals surface area (Å²) in [5, 5.41) is 5.76. The number of hydrogen-bond donors (Lipinski definition) is 1. The summed E-state index contributed by atoms with van der Waals surface area (Å²) in [5.41, 5.74) is 4.68. The van der Waals surface area contributed by atoms with Crippen LogP contribution in [0.25, 0.3) is 22.2 Å². The first kappa shape index (κ1) is 23.9. The van der Waals surface area contributed by atoms with E-state index < -0.39 is 18.5 Å². The molecule has 2 aromatic carbocycles. The summed E-state index contributed by atoms with van der Waals surface area (Å²) in [5.74, 6) is -0.175. The van der Waals surface area contributed by atoms with Gasteiger partial charge in [0.05, 0.1) is 23.4 Å². The van der Waals surface area contributed by atoms with E-state index in [1.807, 2.05) is 67.9 Å². The number of aromatic nitrogens is 2. The minimum Gasteiger partial charge on any atom is -0.494 e. The Morgan fingerprint density at radius 1 is 1.11 bits per heavy atom. The van der Waals surface area contributed by atoms with E-state index in [9.17, 15) is 9.59 Å². The third-order valence-electron chi connectivity index (χ3n) is 5.99. The molecular weight excluding hydrogens is 476 g/mol. The third-order valence-corrected chi connectivity index (χ3v) is 6.75. The number of anilines is 1. The summed E-state index contributed by atoms with van der Waals surface area (Å²) in [6, 6.07) is 15.1. The van der Waals surface area contributed by atoms with E-state index in [1.54, 1.807) is 0 Å². The number of carbonyl (C=O) groups excluding carboxylic acids is 2. The molecule has 3 heterocycles. The molecule has 0 spiro atoms. The number of esters is 1. The SMILES string of the molecule is CCOc1ccc(-c2csc(NC(=O)COC(=O)c3c4c(nc5ccccc35)CCN(C)C4)n2)cc1. The lowest BCUT2D eigenvalue weighted by atomic mass is 9.96. The maximum absolute atomic E-state index is 13.2. The van der Waals surface area contributed by atoms with E-state index in [2.05, 4.69) is 15.2 Å². The second-order valence-electron chi connectivity index (χ2n) is 8.54. The predicted octanol–water partition coefficient (Wildman–Crippen LogP) is 4.54. The molecule has 2 aromatic heterocycles. The summed E-state index contributed by atoms with van der Waals surface area (Å²) in [6.07, 6.45) is 0.762. The first-order chi connectivity index (χ1) is 17.5. The topological polar surface area (TPSA) is 93.6 Å². The maximum atomic E-state index is 13.2. The molecule has 5 rings (SSSR count). The molecule has 0 bridgehead atoms. The van der Waals surface area contributed by atoms with Crippen LogP contribution in [0.1, 0.15) is 28.5 Å². The second kappa shape index (κ2) is 10.4. The predicted molar refractivity (Wildman–Crippen MR) is 139 cm³/mol. The lowest BCUT2D eigenvalue weighted by Gasteiger charge is -2.26. The lowest BCUT2D eigenvalue weighted by Crippen LogP contribution is -2.30. The minimum absolute atomic E-state index is 0.405. The zero-order valence-electron chi connectivity index (χ0n) is 20.1. The largest absolute Gasteiger partial charge is 0.494 e. The number of nitrogens with zero attached hydrogens (tertiary/aromatic N) is 3. The monoisotopic (exact) mass is 502 g/mol. The molecule has 1 aliphatic heterocycles. The van der Waals surface area contributed by atoms with Gasteiger partial charge in [-0.3, -0.25) is 15.1 Å². The summed E-state index contributed by atoms with van der Waals surface area (Å²) < 4.78 is 10.9. The molecule has 0 atom stereocenters. The highest BCUT2D eigenvalue weighted by molar-refractivity contribution is 7.14. The van der Waals surface area contributed by atoms with Crippen LogP contribution in [-0.2, 0) is 22.5 Å². The fraction of sp³-hybridized carbons (Fsp3) is 0.259. The van der Waals surface area contributed by atoms with Crippen LogP contribution in [-0.4, -0.2) is 53.6 Å². The average molecular weight is 503 g/mol. The van der Waals surface area contributed by atoms with E-state index >= 15 is 0 Å². The number of carbonyl (C=O) groups is 2. The number of benzene rings is 2. The van der Waals surface area contributed by atoms with Crippen LogP contribution in [0.3, 0.4) is 0 Å². The third kappa shape index (κ3) is 5.07. The van der Waals surface area contributed by atoms with Gasteiger partial charge in [0.25, 0.3) is 5.91 Å². The quantitative estimate of drug-likeness (QED) is 0.371. The van der Waals surface area contributed by atoms with Crippen molar-refractivity contribution < 1.29 is 19.1 Å². The van der Waals surface area contributed by atoms with Gasteiger partial charge in [-0.05, 0) is 44.3 Å². The zero-order valence-corrected chi connectivity index (χ0v) is 20.9. The van der Waals surface area contributed by atoms with Crippen LogP contribution >= 0.6 is 11.3 Å². The van der Waals surface area contributed by atoms with Crippen molar-refractivity contribution in [2.45, 2.75) is 19.9 Å². The summed E-state index contributed by atoms with van der Waals surface area (Å²) in [7, 11) is 2.01. The van der Waals surface area contributed by atoms with Crippen LogP contribution in [0.2, 0.25) is 0 Å². The Morgan fingerprint density at radius 2 is 1.92 bits per heavy atom. The van der Waals surface area contributed by atoms with Crippen LogP contribution in [0.5, 0.6) is 5.75 Å². The lowest BCUT2D eigenvalue weighted by molar-refractivity contribution is -0.119. The first-order valence-electron chi connectivity index (χ1n) is 11.8. The number of amides is 1. The summed E-state index contributed by atoms with van der Waals surface area (Å²) >= 11 is 1.31. The van der Waals surface area contributed by atoms with Crippen LogP contribution in [0.15, 0.2) is 53.9 Å². The number of hydrogen-bond acceptors (Lipinski definition) is 8. The normalized spacial score (nSPS) is 13.3. The summed E-state index contributed by atoms with van der Waals surface area (Å²) in [6.45, 7) is 3.62. The molecule has 36 heavy (non-hydrogen) atoms. The molecule has 0 aliphatic carbocycles. The number of nitrogens with one attached hydrogen (secondary N) is 1. The van der Waals surface area contributed by atoms with Gasteiger partial charge < -0.3 is 14.4 Å². The number of para-hydroxylation sites is 1. The zero-order chi connectivity index (χ0) is 25.1. The van der Waals surface area contributed by atoms with Gasteiger partial charge in [-0.15, -0.1) is 11.3 Å². The number of thiazole rings is 1. The van der Waals surface area contributed by atoms with E-state index in [-0.39, 0.29) is 0 Å². The van der Waals surface area contributed by atoms with Crippen molar-refractivity contribution in [3.05, 3.63) is 70.7 Å². The van der Waals surface area contributed by atoms with Gasteiger partial charge >= 0.3 is 5.97 Å². The van der Waals surface area contributed by atoms with Crippen molar-refractivity contribution in [1.82, 2.24) is 14.9 Å². The molecule has 0 saturated heterocycles. The highest BCUT2D eigenvalue weighted by atomic mass is 32.1. The smallest absolute Gasteiger partial charge is 0.339 e. The average Bonchev–Trinajstić information content (AvgIpc) is 3.35. The van der Waals surface area contributed by atoms with Crippen molar-refractivity contribution in [2.24, 2.45) is 0 Å². The molecule has 1 aliphatic rings. The Morgan fingerprint density at radius 3 is 2.72 bits per heavy atom. The summed E-state index contributed by atoms with van der Waals surface area (Å²) in [4.78, 5) is 37.1. The van der Waals surface area contributed by atoms with Gasteiger partial charge in [-0.1, -0.05) is 18.2 Å². The number of pyridine rings is 1. The highest BCUT2D eigenvalue weighted by Gasteiger charge is 2.26. The Labute approximate surface area is 212 Å². The van der Waals surface area contributed by atoms with Gasteiger partial charge in [-0.2, -0.15) is 0 Å². The van der Waals surface area contributed by atoms with Gasteiger partial charge in [0, 0.05) is 47.1 Å². The van der Waals surface area contributed by atoms with Gasteiger partial charge in [0.1, 0.15) is 5.75 Å². The van der Waals surface area contributed by atoms with E-state index in [1.165, 1.54) is 11.3 Å².